The van der Waals surface area contributed by atoms with Gasteiger partial charge in [0.25, 0.3) is 5.69 Å². The van der Waals surface area contributed by atoms with Crippen molar-refractivity contribution in [2.75, 3.05) is 11.9 Å². The summed E-state index contributed by atoms with van der Waals surface area (Å²) in [6, 6.07) is 14.8. The monoisotopic (exact) mass is 412 g/mol. The zero-order valence-electron chi connectivity index (χ0n) is 17.5. The zero-order valence-corrected chi connectivity index (χ0v) is 17.5. The molecule has 0 saturated carbocycles. The van der Waals surface area contributed by atoms with E-state index in [0.717, 1.165) is 12.0 Å². The predicted molar refractivity (Wildman–Crippen MR) is 116 cm³/mol. The second-order valence-electron chi connectivity index (χ2n) is 7.13. The average molecular weight is 412 g/mol. The first kappa shape index (κ1) is 22.9. The minimum absolute atomic E-state index is 0.0454. The summed E-state index contributed by atoms with van der Waals surface area (Å²) in [7, 11) is 0. The number of hydrogen-bond acceptors (Lipinski definition) is 4. The van der Waals surface area contributed by atoms with Gasteiger partial charge in [0.2, 0.25) is 5.91 Å². The van der Waals surface area contributed by atoms with Crippen LogP contribution in [0.1, 0.15) is 45.2 Å². The molecule has 3 amide bonds. The number of carbonyl (C=O) groups is 2. The van der Waals surface area contributed by atoms with E-state index < -0.39 is 4.92 Å². The Bertz CT molecular complexity index is 855. The average Bonchev–Trinajstić information content (AvgIpc) is 2.74. The topological polar surface area (TPSA) is 105 Å². The molecule has 2 unspecified atom stereocenters. The van der Waals surface area contributed by atoms with Crippen LogP contribution in [0.25, 0.3) is 0 Å². The van der Waals surface area contributed by atoms with Crippen LogP contribution in [0.3, 0.4) is 0 Å². The van der Waals surface area contributed by atoms with Gasteiger partial charge in [-0.2, -0.15) is 0 Å². The number of amides is 3. The van der Waals surface area contributed by atoms with E-state index in [2.05, 4.69) is 10.6 Å². The number of non-ortho nitro benzene ring substituents is 1. The number of hydrogen-bond donors (Lipinski definition) is 2. The summed E-state index contributed by atoms with van der Waals surface area (Å²) >= 11 is 0. The van der Waals surface area contributed by atoms with Gasteiger partial charge in [0.1, 0.15) is 0 Å². The number of anilines is 1. The number of benzene rings is 2. The minimum Gasteiger partial charge on any atom is -0.350 e. The number of urea groups is 1. The van der Waals surface area contributed by atoms with Crippen LogP contribution in [0, 0.1) is 10.1 Å². The molecule has 0 spiro atoms. The van der Waals surface area contributed by atoms with Gasteiger partial charge in [0.15, 0.2) is 0 Å². The van der Waals surface area contributed by atoms with E-state index in [1.54, 1.807) is 4.90 Å². The SMILES string of the molecule is CCC(C)N(CCC(=O)NC(C)c1ccccc1)C(=O)Nc1ccc([N+](=O)[O-])cc1. The van der Waals surface area contributed by atoms with Crippen LogP contribution in [0.15, 0.2) is 54.6 Å². The molecule has 0 aromatic heterocycles. The summed E-state index contributed by atoms with van der Waals surface area (Å²) < 4.78 is 0. The van der Waals surface area contributed by atoms with E-state index in [9.17, 15) is 19.7 Å². The van der Waals surface area contributed by atoms with Crippen molar-refractivity contribution in [3.63, 3.8) is 0 Å². The number of carbonyl (C=O) groups excluding carboxylic acids is 2. The van der Waals surface area contributed by atoms with Crippen molar-refractivity contribution in [2.45, 2.75) is 45.7 Å². The molecular formula is C22H28N4O4. The molecule has 2 N–H and O–H groups in total. The van der Waals surface area contributed by atoms with Crippen molar-refractivity contribution in [3.05, 3.63) is 70.3 Å². The fourth-order valence-electron chi connectivity index (χ4n) is 2.96. The van der Waals surface area contributed by atoms with E-state index in [1.165, 1.54) is 24.3 Å². The maximum Gasteiger partial charge on any atom is 0.322 e. The molecule has 0 fully saturated rings. The maximum atomic E-state index is 12.7. The molecule has 30 heavy (non-hydrogen) atoms. The van der Waals surface area contributed by atoms with Crippen molar-refractivity contribution in [1.82, 2.24) is 10.2 Å². The maximum absolute atomic E-state index is 12.7. The Kier molecular flexibility index (Phi) is 8.34. The lowest BCUT2D eigenvalue weighted by atomic mass is 10.1. The van der Waals surface area contributed by atoms with E-state index in [-0.39, 0.29) is 42.7 Å². The standard InChI is InChI=1S/C22H28N4O4/c1-4-16(2)25(22(28)24-19-10-12-20(13-11-19)26(29)30)15-14-21(27)23-17(3)18-8-6-5-7-9-18/h5-13,16-17H,4,14-15H2,1-3H3,(H,23,27)(H,24,28). The number of nitrogens with one attached hydrogen (secondary N) is 2. The first-order valence-electron chi connectivity index (χ1n) is 9.98. The Hall–Kier alpha value is -3.42. The molecule has 0 aliphatic rings. The summed E-state index contributed by atoms with van der Waals surface area (Å²) in [5, 5.41) is 16.5. The highest BCUT2D eigenvalue weighted by Gasteiger charge is 2.21. The van der Waals surface area contributed by atoms with Gasteiger partial charge in [-0.3, -0.25) is 14.9 Å². The third-order valence-corrected chi connectivity index (χ3v) is 4.97. The number of nitro groups is 1. The smallest absolute Gasteiger partial charge is 0.322 e. The summed E-state index contributed by atoms with van der Waals surface area (Å²) in [6.45, 7) is 6.07. The summed E-state index contributed by atoms with van der Waals surface area (Å²) in [5.41, 5.74) is 1.43. The van der Waals surface area contributed by atoms with Crippen molar-refractivity contribution >= 4 is 23.3 Å². The van der Waals surface area contributed by atoms with Gasteiger partial charge in [-0.25, -0.2) is 4.79 Å². The quantitative estimate of drug-likeness (QED) is 0.467. The van der Waals surface area contributed by atoms with Crippen LogP contribution in [0.5, 0.6) is 0 Å². The molecule has 160 valence electrons. The van der Waals surface area contributed by atoms with Crippen molar-refractivity contribution in [3.8, 4) is 0 Å². The molecule has 2 atom stereocenters. The van der Waals surface area contributed by atoms with Crippen LogP contribution < -0.4 is 10.6 Å². The Morgan fingerprint density at radius 1 is 1.07 bits per heavy atom. The molecule has 8 heteroatoms. The van der Waals surface area contributed by atoms with Crippen LogP contribution >= 0.6 is 0 Å². The summed E-state index contributed by atoms with van der Waals surface area (Å²) in [4.78, 5) is 37.0. The van der Waals surface area contributed by atoms with E-state index in [0.29, 0.717) is 5.69 Å². The van der Waals surface area contributed by atoms with Crippen molar-refractivity contribution < 1.29 is 14.5 Å². The van der Waals surface area contributed by atoms with Crippen LogP contribution in [0.4, 0.5) is 16.2 Å². The Balaban J connectivity index is 1.95. The fraction of sp³-hybridized carbons (Fsp3) is 0.364. The lowest BCUT2D eigenvalue weighted by molar-refractivity contribution is -0.384. The van der Waals surface area contributed by atoms with Crippen LogP contribution in [-0.4, -0.2) is 34.3 Å². The number of rotatable bonds is 9. The molecule has 0 aliphatic carbocycles. The Morgan fingerprint density at radius 2 is 1.70 bits per heavy atom. The second-order valence-corrected chi connectivity index (χ2v) is 7.13. The molecular weight excluding hydrogens is 384 g/mol. The molecule has 0 bridgehead atoms. The first-order chi connectivity index (χ1) is 14.3. The summed E-state index contributed by atoms with van der Waals surface area (Å²) in [5.74, 6) is -0.136. The molecule has 2 rings (SSSR count). The fourth-order valence-corrected chi connectivity index (χ4v) is 2.96. The van der Waals surface area contributed by atoms with Gasteiger partial charge < -0.3 is 15.5 Å². The van der Waals surface area contributed by atoms with Gasteiger partial charge in [0.05, 0.1) is 11.0 Å². The van der Waals surface area contributed by atoms with E-state index in [1.807, 2.05) is 51.1 Å². The molecule has 2 aromatic rings. The minimum atomic E-state index is -0.494. The highest BCUT2D eigenvalue weighted by molar-refractivity contribution is 5.90. The normalized spacial score (nSPS) is 12.5. The van der Waals surface area contributed by atoms with Gasteiger partial charge in [-0.15, -0.1) is 0 Å². The number of nitrogens with zero attached hydrogens (tertiary/aromatic N) is 2. The predicted octanol–water partition coefficient (Wildman–Crippen LogP) is 4.49. The van der Waals surface area contributed by atoms with Crippen LogP contribution in [-0.2, 0) is 4.79 Å². The number of nitro benzene ring substituents is 1. The lowest BCUT2D eigenvalue weighted by Gasteiger charge is -2.29. The molecule has 8 nitrogen and oxygen atoms in total. The van der Waals surface area contributed by atoms with E-state index in [4.69, 9.17) is 0 Å². The second kappa shape index (κ2) is 10.9. The highest BCUT2D eigenvalue weighted by Crippen LogP contribution is 2.17. The zero-order chi connectivity index (χ0) is 22.1. The van der Waals surface area contributed by atoms with Crippen molar-refractivity contribution in [1.29, 1.82) is 0 Å². The Labute approximate surface area is 176 Å². The molecule has 0 aliphatic heterocycles. The highest BCUT2D eigenvalue weighted by atomic mass is 16.6. The first-order valence-corrected chi connectivity index (χ1v) is 9.98. The van der Waals surface area contributed by atoms with Gasteiger partial charge >= 0.3 is 6.03 Å². The largest absolute Gasteiger partial charge is 0.350 e. The van der Waals surface area contributed by atoms with Gasteiger partial charge in [-0.05, 0) is 38.0 Å². The Morgan fingerprint density at radius 3 is 2.27 bits per heavy atom. The third-order valence-electron chi connectivity index (χ3n) is 4.97. The molecule has 0 heterocycles. The molecule has 0 radical (unpaired) electrons. The van der Waals surface area contributed by atoms with Crippen molar-refractivity contribution in [2.24, 2.45) is 0 Å². The summed E-state index contributed by atoms with van der Waals surface area (Å²) in [6.07, 6.45) is 0.908. The third kappa shape index (κ3) is 6.58. The van der Waals surface area contributed by atoms with Gasteiger partial charge in [-0.1, -0.05) is 37.3 Å². The lowest BCUT2D eigenvalue weighted by Crippen LogP contribution is -2.43. The molecule has 2 aromatic carbocycles. The molecule has 0 saturated heterocycles. The van der Waals surface area contributed by atoms with Gasteiger partial charge in [0, 0.05) is 36.8 Å². The van der Waals surface area contributed by atoms with E-state index >= 15 is 0 Å². The van der Waals surface area contributed by atoms with Crippen LogP contribution in [0.2, 0.25) is 0 Å².